The molecule has 1 amide bonds. The molecule has 1 aliphatic heterocycles. The van der Waals surface area contributed by atoms with E-state index in [4.69, 9.17) is 4.74 Å². The van der Waals surface area contributed by atoms with Crippen molar-refractivity contribution in [3.05, 3.63) is 48.0 Å². The topological polar surface area (TPSA) is 119 Å². The molecule has 3 aromatic rings. The number of anilines is 1. The van der Waals surface area contributed by atoms with Crippen LogP contribution in [0.3, 0.4) is 0 Å². The van der Waals surface area contributed by atoms with Crippen LogP contribution in [0, 0.1) is 0 Å². The number of carbonyl (C=O) groups is 2. The summed E-state index contributed by atoms with van der Waals surface area (Å²) in [6.07, 6.45) is 1.64. The minimum Gasteiger partial charge on any atom is -0.452 e. The number of sulfonamides is 1. The van der Waals surface area contributed by atoms with Crippen molar-refractivity contribution in [1.82, 2.24) is 13.1 Å². The number of fused-ring (bicyclic) bond motifs is 1. The van der Waals surface area contributed by atoms with Gasteiger partial charge >= 0.3 is 5.97 Å². The maximum Gasteiger partial charge on any atom is 0.338 e. The van der Waals surface area contributed by atoms with Gasteiger partial charge in [-0.25, -0.2) is 13.2 Å². The summed E-state index contributed by atoms with van der Waals surface area (Å²) in [6, 6.07) is 10.8. The normalized spacial score (nSPS) is 14.7. The molecule has 1 N–H and O–H groups in total. The number of aromatic nitrogens is 2. The molecule has 2 heterocycles. The standard InChI is InChI=1S/C19H18N4O5S2/c24-17(20-15-7-4-8-16-18(15)22-29-21-16)12-28-19(25)13-5-3-6-14(11-13)30(26,27)23-9-1-2-10-23/h3-8,11H,1-2,9-10,12H2,(H,20,24). The number of carbonyl (C=O) groups excluding carboxylic acids is 2. The molecular formula is C19H18N4O5S2. The van der Waals surface area contributed by atoms with Gasteiger partial charge in [0.25, 0.3) is 5.91 Å². The number of nitrogens with one attached hydrogen (secondary N) is 1. The summed E-state index contributed by atoms with van der Waals surface area (Å²) in [5, 5.41) is 2.64. The second-order valence-corrected chi connectivity index (χ2v) is 9.17. The third-order valence-corrected chi connectivity index (χ3v) is 7.10. The lowest BCUT2D eigenvalue weighted by Crippen LogP contribution is -2.28. The molecule has 0 bridgehead atoms. The van der Waals surface area contributed by atoms with Gasteiger partial charge < -0.3 is 10.1 Å². The first-order valence-electron chi connectivity index (χ1n) is 9.23. The van der Waals surface area contributed by atoms with Crippen molar-refractivity contribution < 1.29 is 22.7 Å². The van der Waals surface area contributed by atoms with Crippen LogP contribution in [0.15, 0.2) is 47.4 Å². The second-order valence-electron chi connectivity index (χ2n) is 6.70. The Kier molecular flexibility index (Phi) is 5.75. The molecule has 30 heavy (non-hydrogen) atoms. The highest BCUT2D eigenvalue weighted by Gasteiger charge is 2.27. The summed E-state index contributed by atoms with van der Waals surface area (Å²) in [6.45, 7) is 0.423. The van der Waals surface area contributed by atoms with Crippen LogP contribution in [-0.2, 0) is 19.6 Å². The van der Waals surface area contributed by atoms with Gasteiger partial charge in [0, 0.05) is 13.1 Å². The zero-order chi connectivity index (χ0) is 21.1. The highest BCUT2D eigenvalue weighted by Crippen LogP contribution is 2.22. The van der Waals surface area contributed by atoms with Crippen LogP contribution in [-0.4, -0.2) is 53.0 Å². The Hall–Kier alpha value is -2.89. The average Bonchev–Trinajstić information content (AvgIpc) is 3.45. The Labute approximate surface area is 177 Å². The first-order valence-corrected chi connectivity index (χ1v) is 11.4. The number of ether oxygens (including phenoxy) is 1. The SMILES string of the molecule is O=C(COC(=O)c1cccc(S(=O)(=O)N2CCCC2)c1)Nc1cccc2nsnc12. The van der Waals surface area contributed by atoms with Crippen molar-refractivity contribution in [2.75, 3.05) is 25.0 Å². The molecule has 0 spiro atoms. The smallest absolute Gasteiger partial charge is 0.338 e. The van der Waals surface area contributed by atoms with E-state index in [1.807, 2.05) is 0 Å². The minimum absolute atomic E-state index is 0.0333. The zero-order valence-electron chi connectivity index (χ0n) is 15.8. The van der Waals surface area contributed by atoms with Crippen molar-refractivity contribution in [2.24, 2.45) is 0 Å². The van der Waals surface area contributed by atoms with Crippen molar-refractivity contribution in [3.8, 4) is 0 Å². The number of benzene rings is 2. The van der Waals surface area contributed by atoms with Crippen molar-refractivity contribution in [2.45, 2.75) is 17.7 Å². The van der Waals surface area contributed by atoms with Crippen molar-refractivity contribution in [1.29, 1.82) is 0 Å². The van der Waals surface area contributed by atoms with E-state index in [-0.39, 0.29) is 10.5 Å². The van der Waals surface area contributed by atoms with E-state index in [1.165, 1.54) is 28.6 Å². The Bertz CT molecular complexity index is 1200. The van der Waals surface area contributed by atoms with Crippen LogP contribution >= 0.6 is 11.7 Å². The second kappa shape index (κ2) is 8.46. The summed E-state index contributed by atoms with van der Waals surface area (Å²) in [5.41, 5.74) is 1.75. The lowest BCUT2D eigenvalue weighted by molar-refractivity contribution is -0.119. The lowest BCUT2D eigenvalue weighted by atomic mass is 10.2. The number of amides is 1. The van der Waals surface area contributed by atoms with Crippen LogP contribution in [0.25, 0.3) is 11.0 Å². The minimum atomic E-state index is -3.65. The molecule has 0 unspecified atom stereocenters. The molecule has 1 fully saturated rings. The fourth-order valence-electron chi connectivity index (χ4n) is 3.17. The largest absolute Gasteiger partial charge is 0.452 e. The van der Waals surface area contributed by atoms with Gasteiger partial charge in [0.2, 0.25) is 10.0 Å². The molecule has 1 aromatic heterocycles. The molecule has 4 rings (SSSR count). The molecule has 0 radical (unpaired) electrons. The first-order chi connectivity index (χ1) is 14.4. The lowest BCUT2D eigenvalue weighted by Gasteiger charge is -2.15. The molecular weight excluding hydrogens is 428 g/mol. The average molecular weight is 447 g/mol. The Morgan fingerprint density at radius 2 is 1.87 bits per heavy atom. The van der Waals surface area contributed by atoms with Crippen LogP contribution in [0.1, 0.15) is 23.2 Å². The van der Waals surface area contributed by atoms with E-state index >= 15 is 0 Å². The maximum absolute atomic E-state index is 12.7. The third kappa shape index (κ3) is 4.18. The van der Waals surface area contributed by atoms with Crippen LogP contribution in [0.5, 0.6) is 0 Å². The van der Waals surface area contributed by atoms with Gasteiger partial charge in [0.15, 0.2) is 6.61 Å². The highest BCUT2D eigenvalue weighted by molar-refractivity contribution is 7.89. The van der Waals surface area contributed by atoms with Crippen LogP contribution in [0.2, 0.25) is 0 Å². The number of hydrogen-bond acceptors (Lipinski definition) is 8. The third-order valence-electron chi connectivity index (χ3n) is 4.67. The van der Waals surface area contributed by atoms with E-state index in [1.54, 1.807) is 18.2 Å². The molecule has 1 saturated heterocycles. The molecule has 0 atom stereocenters. The first kappa shape index (κ1) is 20.4. The predicted molar refractivity (Wildman–Crippen MR) is 111 cm³/mol. The predicted octanol–water partition coefficient (Wildman–Crippen LogP) is 2.27. The number of hydrogen-bond donors (Lipinski definition) is 1. The molecule has 9 nitrogen and oxygen atoms in total. The fourth-order valence-corrected chi connectivity index (χ4v) is 5.28. The molecule has 2 aromatic carbocycles. The van der Waals surface area contributed by atoms with Crippen LogP contribution < -0.4 is 5.32 Å². The Morgan fingerprint density at radius 3 is 2.67 bits per heavy atom. The summed E-state index contributed by atoms with van der Waals surface area (Å²) < 4.78 is 40.0. The van der Waals surface area contributed by atoms with Gasteiger partial charge in [-0.3, -0.25) is 4.79 Å². The van der Waals surface area contributed by atoms with E-state index in [0.717, 1.165) is 24.6 Å². The number of nitrogens with zero attached hydrogens (tertiary/aromatic N) is 3. The van der Waals surface area contributed by atoms with Gasteiger partial charge in [-0.05, 0) is 43.2 Å². The van der Waals surface area contributed by atoms with Gasteiger partial charge in [-0.15, -0.1) is 0 Å². The van der Waals surface area contributed by atoms with Crippen LogP contribution in [0.4, 0.5) is 5.69 Å². The summed E-state index contributed by atoms with van der Waals surface area (Å²) in [4.78, 5) is 24.6. The zero-order valence-corrected chi connectivity index (χ0v) is 17.4. The molecule has 11 heteroatoms. The summed E-state index contributed by atoms with van der Waals surface area (Å²) in [5.74, 6) is -1.32. The van der Waals surface area contributed by atoms with E-state index in [0.29, 0.717) is 29.8 Å². The summed E-state index contributed by atoms with van der Waals surface area (Å²) >= 11 is 1.03. The van der Waals surface area contributed by atoms with Gasteiger partial charge in [0.1, 0.15) is 11.0 Å². The summed E-state index contributed by atoms with van der Waals surface area (Å²) in [7, 11) is -3.65. The van der Waals surface area contributed by atoms with E-state index in [9.17, 15) is 18.0 Å². The molecule has 156 valence electrons. The Morgan fingerprint density at radius 1 is 1.10 bits per heavy atom. The highest BCUT2D eigenvalue weighted by atomic mass is 32.2. The van der Waals surface area contributed by atoms with Gasteiger partial charge in [-0.2, -0.15) is 13.1 Å². The van der Waals surface area contributed by atoms with Crippen molar-refractivity contribution in [3.63, 3.8) is 0 Å². The molecule has 0 saturated carbocycles. The number of esters is 1. The molecule has 1 aliphatic rings. The van der Waals surface area contributed by atoms with Gasteiger partial charge in [0.05, 0.1) is 27.9 Å². The maximum atomic E-state index is 12.7. The van der Waals surface area contributed by atoms with Crippen molar-refractivity contribution >= 4 is 50.3 Å². The van der Waals surface area contributed by atoms with E-state index < -0.39 is 28.5 Å². The molecule has 0 aliphatic carbocycles. The Balaban J connectivity index is 1.40. The van der Waals surface area contributed by atoms with E-state index in [2.05, 4.69) is 14.1 Å². The van der Waals surface area contributed by atoms with Gasteiger partial charge in [-0.1, -0.05) is 12.1 Å². The quantitative estimate of drug-likeness (QED) is 0.577. The fraction of sp³-hybridized carbons (Fsp3) is 0.263. The number of rotatable bonds is 6. The monoisotopic (exact) mass is 446 g/mol.